The number of likely N-dealkylation sites (N-methyl/N-ethyl adjacent to an activating group) is 1. The number of methoxy groups -OCH3 is 1. The number of hydrogen-bond donors (Lipinski definition) is 4. The Morgan fingerprint density at radius 1 is 0.961 bits per heavy atom. The lowest BCUT2D eigenvalue weighted by Gasteiger charge is -2.48. The van der Waals surface area contributed by atoms with Crippen molar-refractivity contribution in [3.05, 3.63) is 11.3 Å². The summed E-state index contributed by atoms with van der Waals surface area (Å²) in [6, 6.07) is -0.235. The summed E-state index contributed by atoms with van der Waals surface area (Å²) in [5.41, 5.74) is -3.00. The van der Waals surface area contributed by atoms with Gasteiger partial charge in [-0.3, -0.25) is 4.79 Å². The van der Waals surface area contributed by atoms with Crippen LogP contribution in [0.25, 0.3) is 0 Å². The van der Waals surface area contributed by atoms with Crippen LogP contribution in [-0.2, 0) is 38.0 Å². The summed E-state index contributed by atoms with van der Waals surface area (Å²) in [5.74, 6) is -2.30. The molecule has 51 heavy (non-hydrogen) atoms. The molecule has 13 nitrogen and oxygen atoms in total. The molecule has 2 bridgehead atoms. The molecule has 3 saturated heterocycles. The molecular weight excluding hydrogens is 662 g/mol. The molecule has 4 N–H and O–H groups in total. The van der Waals surface area contributed by atoms with E-state index in [-0.39, 0.29) is 18.6 Å². The Bertz CT molecular complexity index is 1230. The molecule has 4 aliphatic rings. The van der Waals surface area contributed by atoms with E-state index in [0.29, 0.717) is 31.4 Å². The van der Waals surface area contributed by atoms with Crippen LogP contribution in [0, 0.1) is 17.8 Å². The van der Waals surface area contributed by atoms with Crippen LogP contribution in [0.3, 0.4) is 0 Å². The van der Waals surface area contributed by atoms with E-state index in [1.807, 2.05) is 53.6 Å². The van der Waals surface area contributed by atoms with Gasteiger partial charge in [-0.05, 0) is 81.0 Å². The molecule has 0 spiro atoms. The first kappa shape index (κ1) is 42.4. The fourth-order valence-corrected chi connectivity index (χ4v) is 8.84. The Balaban J connectivity index is 1.85. The van der Waals surface area contributed by atoms with Crippen LogP contribution in [-0.4, -0.2) is 137 Å². The van der Waals surface area contributed by atoms with E-state index in [0.717, 1.165) is 5.57 Å². The molecule has 4 rings (SSSR count). The van der Waals surface area contributed by atoms with Gasteiger partial charge in [-0.15, -0.1) is 0 Å². The number of ether oxygens (including phenoxy) is 7. The summed E-state index contributed by atoms with van der Waals surface area (Å²) in [5, 5.41) is 46.1. The van der Waals surface area contributed by atoms with Crippen molar-refractivity contribution < 1.29 is 58.4 Å². The van der Waals surface area contributed by atoms with Crippen molar-refractivity contribution in [2.24, 2.45) is 17.8 Å². The van der Waals surface area contributed by atoms with Crippen molar-refractivity contribution in [2.45, 2.75) is 186 Å². The molecule has 296 valence electrons. The monoisotopic (exact) mass is 729 g/mol. The Morgan fingerprint density at radius 2 is 1.61 bits per heavy atom. The molecule has 3 fully saturated rings. The lowest BCUT2D eigenvalue weighted by Crippen LogP contribution is -2.60. The summed E-state index contributed by atoms with van der Waals surface area (Å²) in [7, 11) is 5.35. The predicted molar refractivity (Wildman–Crippen MR) is 188 cm³/mol. The van der Waals surface area contributed by atoms with E-state index < -0.39 is 95.8 Å². The first-order chi connectivity index (χ1) is 23.6. The standard InChI is InChI=1S/C38H67NO12/c1-14-15-26-38(10,44)31(41)21(4)29-19(2)17-37(9,51-29)33(50-35-28(40)25(39(11)12)16-20(3)46-35)22(5)30(23(6)34(43)48-26)49-27-18-36(8,45-13)32(42)24(7)47-27/h20-28,30-33,35,40-42,44H,14-18H2,1-13H3/t20-,21-,22+,23-,24+,25+,26?,27?,28-,30+,31-,32?,33-,35?,36-,37-,38-/m1/s1. The summed E-state index contributed by atoms with van der Waals surface area (Å²) in [6.45, 7) is 18.2. The van der Waals surface area contributed by atoms with E-state index in [9.17, 15) is 25.2 Å². The molecule has 0 saturated carbocycles. The van der Waals surface area contributed by atoms with Gasteiger partial charge in [0.05, 0.1) is 35.9 Å². The predicted octanol–water partition coefficient (Wildman–Crippen LogP) is 3.28. The van der Waals surface area contributed by atoms with Crippen LogP contribution in [0.2, 0.25) is 0 Å². The minimum Gasteiger partial charge on any atom is -0.489 e. The zero-order valence-electron chi connectivity index (χ0n) is 33.1. The summed E-state index contributed by atoms with van der Waals surface area (Å²) < 4.78 is 44.8. The van der Waals surface area contributed by atoms with Crippen LogP contribution in [0.4, 0.5) is 0 Å². The quantitative estimate of drug-likeness (QED) is 0.269. The number of hydrogen-bond acceptors (Lipinski definition) is 13. The molecule has 4 unspecified atom stereocenters. The Hall–Kier alpha value is -1.39. The first-order valence-corrected chi connectivity index (χ1v) is 18.8. The maximum absolute atomic E-state index is 14.2. The third kappa shape index (κ3) is 8.48. The van der Waals surface area contributed by atoms with E-state index in [1.165, 1.54) is 14.0 Å². The maximum atomic E-state index is 14.2. The molecule has 4 heterocycles. The van der Waals surface area contributed by atoms with Crippen molar-refractivity contribution in [1.29, 1.82) is 0 Å². The molecule has 0 radical (unpaired) electrons. The molecule has 0 aromatic rings. The second-order valence-electron chi connectivity index (χ2n) is 16.7. The number of fused-ring (bicyclic) bond motifs is 2. The molecule has 17 atom stereocenters. The van der Waals surface area contributed by atoms with Gasteiger partial charge in [-0.2, -0.15) is 0 Å². The number of cyclic esters (lactones) is 1. The van der Waals surface area contributed by atoms with E-state index in [2.05, 4.69) is 0 Å². The third-order valence-electron chi connectivity index (χ3n) is 12.1. The Kier molecular flexibility index (Phi) is 13.4. The van der Waals surface area contributed by atoms with Gasteiger partial charge in [-0.25, -0.2) is 0 Å². The molecule has 0 aromatic carbocycles. The van der Waals surface area contributed by atoms with Crippen molar-refractivity contribution >= 4 is 5.97 Å². The average molecular weight is 730 g/mol. The van der Waals surface area contributed by atoms with Crippen LogP contribution in [0.15, 0.2) is 11.3 Å². The highest BCUT2D eigenvalue weighted by Gasteiger charge is 2.56. The molecular formula is C38H67NO12. The number of rotatable bonds is 8. The zero-order valence-corrected chi connectivity index (χ0v) is 33.1. The molecule has 4 aliphatic heterocycles. The van der Waals surface area contributed by atoms with Gasteiger partial charge in [0.1, 0.15) is 41.4 Å². The van der Waals surface area contributed by atoms with Gasteiger partial charge >= 0.3 is 5.97 Å². The summed E-state index contributed by atoms with van der Waals surface area (Å²) >= 11 is 0. The SMILES string of the molecule is CCCC1OC(=O)[C@H](C)[C@@H](OC2C[C@@](C)(OC)C(O)[C@H](C)O2)[C@H](C)[C@@H](OC2O[C@H](C)C[C@H](N(C)C)[C@H]2O)[C@@]2(C)CC(C)=C(O2)[C@@H](C)[C@@H](O)[C@]1(C)O. The highest BCUT2D eigenvalue weighted by Crippen LogP contribution is 2.47. The average Bonchev–Trinajstić information content (AvgIpc) is 3.38. The van der Waals surface area contributed by atoms with Crippen LogP contribution < -0.4 is 0 Å². The number of aliphatic hydroxyl groups is 4. The van der Waals surface area contributed by atoms with Crippen molar-refractivity contribution in [3.8, 4) is 0 Å². The van der Waals surface area contributed by atoms with Crippen LogP contribution in [0.5, 0.6) is 0 Å². The number of carbonyl (C=O) groups excluding carboxylic acids is 1. The van der Waals surface area contributed by atoms with E-state index in [4.69, 9.17) is 33.2 Å². The van der Waals surface area contributed by atoms with Crippen molar-refractivity contribution in [1.82, 2.24) is 4.90 Å². The maximum Gasteiger partial charge on any atom is 0.311 e. The molecule has 13 heteroatoms. The minimum absolute atomic E-state index is 0.174. The van der Waals surface area contributed by atoms with Gasteiger partial charge in [0.25, 0.3) is 0 Å². The van der Waals surface area contributed by atoms with Crippen LogP contribution >= 0.6 is 0 Å². The van der Waals surface area contributed by atoms with Gasteiger partial charge in [0.15, 0.2) is 12.6 Å². The van der Waals surface area contributed by atoms with Crippen molar-refractivity contribution in [2.75, 3.05) is 21.2 Å². The van der Waals surface area contributed by atoms with Crippen LogP contribution in [0.1, 0.15) is 101 Å². The van der Waals surface area contributed by atoms with Gasteiger partial charge in [0, 0.05) is 37.8 Å². The number of carbonyl (C=O) groups is 1. The topological polar surface area (TPSA) is 166 Å². The minimum atomic E-state index is -1.82. The summed E-state index contributed by atoms with van der Waals surface area (Å²) in [6.07, 6.45) is -6.71. The normalized spacial score (nSPS) is 48.8. The highest BCUT2D eigenvalue weighted by atomic mass is 16.7. The smallest absolute Gasteiger partial charge is 0.311 e. The lowest BCUT2D eigenvalue weighted by atomic mass is 9.78. The van der Waals surface area contributed by atoms with Gasteiger partial charge in [-0.1, -0.05) is 27.2 Å². The largest absolute Gasteiger partial charge is 0.489 e. The Morgan fingerprint density at radius 3 is 2.20 bits per heavy atom. The van der Waals surface area contributed by atoms with Gasteiger partial charge in [0.2, 0.25) is 0 Å². The number of esters is 1. The number of nitrogens with zero attached hydrogens (tertiary/aromatic N) is 1. The fraction of sp³-hybridized carbons (Fsp3) is 0.921. The highest BCUT2D eigenvalue weighted by molar-refractivity contribution is 5.73. The Labute approximate surface area is 304 Å². The third-order valence-corrected chi connectivity index (χ3v) is 12.1. The second kappa shape index (κ2) is 16.1. The molecule has 0 amide bonds. The van der Waals surface area contributed by atoms with E-state index >= 15 is 0 Å². The van der Waals surface area contributed by atoms with E-state index in [1.54, 1.807) is 27.7 Å². The summed E-state index contributed by atoms with van der Waals surface area (Å²) in [4.78, 5) is 16.2. The van der Waals surface area contributed by atoms with Gasteiger partial charge < -0.3 is 58.5 Å². The second-order valence-corrected chi connectivity index (χ2v) is 16.7. The molecule has 0 aromatic heterocycles. The molecule has 0 aliphatic carbocycles. The first-order valence-electron chi connectivity index (χ1n) is 18.8. The van der Waals surface area contributed by atoms with Crippen molar-refractivity contribution in [3.63, 3.8) is 0 Å². The lowest BCUT2D eigenvalue weighted by molar-refractivity contribution is -0.316. The fourth-order valence-electron chi connectivity index (χ4n) is 8.84. The number of aliphatic hydroxyl groups excluding tert-OH is 3. The zero-order chi connectivity index (χ0) is 38.4.